The summed E-state index contributed by atoms with van der Waals surface area (Å²) in [6.07, 6.45) is 5.53. The van der Waals surface area contributed by atoms with Crippen molar-refractivity contribution >= 4 is 23.5 Å². The second kappa shape index (κ2) is 4.26. The molecule has 5 heteroatoms. The minimum absolute atomic E-state index is 0.140. The van der Waals surface area contributed by atoms with Crippen LogP contribution in [0, 0.1) is 0 Å². The van der Waals surface area contributed by atoms with E-state index in [4.69, 9.17) is 0 Å². The lowest BCUT2D eigenvalue weighted by Crippen LogP contribution is -2.08. The molecule has 92 valence electrons. The number of rotatable bonds is 1. The van der Waals surface area contributed by atoms with Gasteiger partial charge >= 0.3 is 5.16 Å². The summed E-state index contributed by atoms with van der Waals surface area (Å²) in [6, 6.07) is 8.21. The van der Waals surface area contributed by atoms with Gasteiger partial charge in [-0.3, -0.25) is 0 Å². The third-order valence-corrected chi connectivity index (χ3v) is 3.99. The van der Waals surface area contributed by atoms with Crippen LogP contribution in [0.25, 0.3) is 12.3 Å². The monoisotopic (exact) mass is 259 g/mol. The molecule has 3 rings (SSSR count). The first-order valence-electron chi connectivity index (χ1n) is 5.74. The minimum atomic E-state index is -1.14. The Morgan fingerprint density at radius 2 is 2.06 bits per heavy atom. The summed E-state index contributed by atoms with van der Waals surface area (Å²) in [7, 11) is 0. The summed E-state index contributed by atoms with van der Waals surface area (Å²) < 4.78 is 13.5. The van der Waals surface area contributed by atoms with Gasteiger partial charge in [0.15, 0.2) is 0 Å². The number of hydrogen-bond acceptors (Lipinski definition) is 3. The van der Waals surface area contributed by atoms with Crippen LogP contribution in [-0.4, -0.2) is 25.6 Å². The molecule has 2 atom stereocenters. The summed E-state index contributed by atoms with van der Waals surface area (Å²) in [6.45, 7) is 2.09. The van der Waals surface area contributed by atoms with Gasteiger partial charge in [0.25, 0.3) is 0 Å². The molecule has 18 heavy (non-hydrogen) atoms. The van der Waals surface area contributed by atoms with Crippen molar-refractivity contribution in [3.63, 3.8) is 0 Å². The quantitative estimate of drug-likeness (QED) is 0.737. The molecule has 0 spiro atoms. The number of nitrogens with zero attached hydrogens (tertiary/aromatic N) is 3. The van der Waals surface area contributed by atoms with Crippen molar-refractivity contribution in [1.29, 1.82) is 0 Å². The molecule has 1 aromatic carbocycles. The maximum absolute atomic E-state index is 11.6. The van der Waals surface area contributed by atoms with Gasteiger partial charge in [-0.2, -0.15) is 0 Å². The van der Waals surface area contributed by atoms with E-state index in [-0.39, 0.29) is 5.92 Å². The lowest BCUT2D eigenvalue weighted by Gasteiger charge is -2.11. The van der Waals surface area contributed by atoms with E-state index in [0.717, 1.165) is 5.82 Å². The molecule has 0 fully saturated rings. The molecule has 0 N–H and O–H groups in total. The van der Waals surface area contributed by atoms with Crippen LogP contribution in [0.4, 0.5) is 0 Å². The second-order valence-corrected chi connectivity index (χ2v) is 5.60. The highest BCUT2D eigenvalue weighted by Crippen LogP contribution is 2.30. The van der Waals surface area contributed by atoms with E-state index in [9.17, 15) is 4.55 Å². The number of hydrogen-bond donors (Lipinski definition) is 0. The average Bonchev–Trinajstić information content (AvgIpc) is 2.74. The maximum atomic E-state index is 11.6. The molecular formula is C13H13N3OS. The number of fused-ring (bicyclic) bond motifs is 2. The zero-order valence-corrected chi connectivity index (χ0v) is 11.0. The summed E-state index contributed by atoms with van der Waals surface area (Å²) in [4.78, 5) is 0. The summed E-state index contributed by atoms with van der Waals surface area (Å²) in [5.41, 5.74) is 2.39. The molecule has 0 bridgehead atoms. The first kappa shape index (κ1) is 11.5. The van der Waals surface area contributed by atoms with E-state index in [1.807, 2.05) is 29.0 Å². The maximum Gasteiger partial charge on any atom is 0.347 e. The van der Waals surface area contributed by atoms with Gasteiger partial charge in [0.05, 0.1) is 0 Å². The topological polar surface area (TPSA) is 53.8 Å². The smallest absolute Gasteiger partial charge is 0.347 e. The van der Waals surface area contributed by atoms with Crippen molar-refractivity contribution in [1.82, 2.24) is 14.8 Å². The van der Waals surface area contributed by atoms with Gasteiger partial charge < -0.3 is 4.55 Å². The van der Waals surface area contributed by atoms with Crippen LogP contribution >= 0.6 is 0 Å². The highest BCUT2D eigenvalue weighted by molar-refractivity contribution is 7.90. The Labute approximate surface area is 109 Å². The molecule has 0 saturated heterocycles. The lowest BCUT2D eigenvalue weighted by atomic mass is 9.96. The van der Waals surface area contributed by atoms with Crippen LogP contribution in [0.3, 0.4) is 0 Å². The van der Waals surface area contributed by atoms with Gasteiger partial charge in [0.2, 0.25) is 0 Å². The molecule has 0 radical (unpaired) electrons. The molecule has 2 heterocycles. The Morgan fingerprint density at radius 3 is 2.83 bits per heavy atom. The Morgan fingerprint density at radius 1 is 1.28 bits per heavy atom. The van der Waals surface area contributed by atoms with Crippen molar-refractivity contribution in [3.8, 4) is 0 Å². The predicted molar refractivity (Wildman–Crippen MR) is 71.5 cm³/mol. The zero-order valence-electron chi connectivity index (χ0n) is 10.2. The van der Waals surface area contributed by atoms with Gasteiger partial charge in [0.1, 0.15) is 12.1 Å². The van der Waals surface area contributed by atoms with Gasteiger partial charge in [-0.1, -0.05) is 36.3 Å². The summed E-state index contributed by atoms with van der Waals surface area (Å²) >= 11 is -1.14. The minimum Gasteiger partial charge on any atom is -0.609 e. The summed E-state index contributed by atoms with van der Waals surface area (Å²) in [5, 5.41) is 8.71. The summed E-state index contributed by atoms with van der Waals surface area (Å²) in [5.74, 6) is 0.974. The van der Waals surface area contributed by atoms with Crippen molar-refractivity contribution in [3.05, 3.63) is 41.2 Å². The van der Waals surface area contributed by atoms with Crippen molar-refractivity contribution in [2.24, 2.45) is 0 Å². The standard InChI is InChI=1S/C13H13N3OS/c1-9-11-6-4-3-5-10(11)7-8-16-12(9)14-15-13(16)18(2)17/h3-9H,1-2H3. The van der Waals surface area contributed by atoms with Crippen LogP contribution < -0.4 is 0 Å². The molecule has 0 amide bonds. The van der Waals surface area contributed by atoms with Gasteiger partial charge in [-0.25, -0.2) is 4.57 Å². The number of benzene rings is 1. The molecule has 1 aliphatic rings. The Hall–Kier alpha value is -1.59. The number of aromatic nitrogens is 3. The van der Waals surface area contributed by atoms with Crippen LogP contribution in [0.2, 0.25) is 0 Å². The van der Waals surface area contributed by atoms with E-state index in [0.29, 0.717) is 5.16 Å². The van der Waals surface area contributed by atoms with E-state index in [1.165, 1.54) is 11.1 Å². The Bertz CT molecular complexity index is 618. The van der Waals surface area contributed by atoms with Crippen molar-refractivity contribution in [2.75, 3.05) is 6.26 Å². The Balaban J connectivity index is 2.20. The molecule has 0 saturated carbocycles. The molecular weight excluding hydrogens is 246 g/mol. The SMILES string of the molecule is CC1c2ccccc2C=Cn2c1nnc2[S+](C)[O-]. The van der Waals surface area contributed by atoms with E-state index >= 15 is 0 Å². The van der Waals surface area contributed by atoms with Gasteiger partial charge in [-0.15, -0.1) is 5.10 Å². The average molecular weight is 259 g/mol. The normalized spacial score (nSPS) is 18.9. The van der Waals surface area contributed by atoms with Crippen LogP contribution in [0.15, 0.2) is 29.4 Å². The van der Waals surface area contributed by atoms with E-state index < -0.39 is 11.2 Å². The van der Waals surface area contributed by atoms with E-state index in [1.54, 1.807) is 6.26 Å². The fraction of sp³-hybridized carbons (Fsp3) is 0.231. The molecule has 0 aliphatic carbocycles. The fourth-order valence-electron chi connectivity index (χ4n) is 2.27. The first-order chi connectivity index (χ1) is 8.68. The van der Waals surface area contributed by atoms with Crippen molar-refractivity contribution < 1.29 is 4.55 Å². The van der Waals surface area contributed by atoms with Crippen LogP contribution in [-0.2, 0) is 11.2 Å². The Kier molecular flexibility index (Phi) is 2.72. The molecule has 1 aliphatic heterocycles. The van der Waals surface area contributed by atoms with Crippen LogP contribution in [0.1, 0.15) is 29.8 Å². The van der Waals surface area contributed by atoms with Crippen LogP contribution in [0.5, 0.6) is 0 Å². The second-order valence-electron chi connectivity index (χ2n) is 4.33. The molecule has 1 aromatic heterocycles. The largest absolute Gasteiger partial charge is 0.609 e. The molecule has 4 nitrogen and oxygen atoms in total. The van der Waals surface area contributed by atoms with Gasteiger partial charge in [-0.05, 0) is 17.2 Å². The third-order valence-electron chi connectivity index (χ3n) is 3.20. The zero-order chi connectivity index (χ0) is 12.7. The third kappa shape index (κ3) is 1.67. The first-order valence-corrected chi connectivity index (χ1v) is 7.29. The molecule has 2 aromatic rings. The lowest BCUT2D eigenvalue weighted by molar-refractivity contribution is 0.589. The van der Waals surface area contributed by atoms with Gasteiger partial charge in [0, 0.05) is 23.3 Å². The van der Waals surface area contributed by atoms with E-state index in [2.05, 4.69) is 29.3 Å². The highest BCUT2D eigenvalue weighted by Gasteiger charge is 2.25. The highest BCUT2D eigenvalue weighted by atomic mass is 32.2. The predicted octanol–water partition coefficient (Wildman–Crippen LogP) is 2.11. The van der Waals surface area contributed by atoms with Crippen molar-refractivity contribution in [2.45, 2.75) is 18.0 Å². The molecule has 2 unspecified atom stereocenters. The fourth-order valence-corrected chi connectivity index (χ4v) is 2.86.